The first kappa shape index (κ1) is 14.9. The summed E-state index contributed by atoms with van der Waals surface area (Å²) in [5.41, 5.74) is 1.40. The van der Waals surface area contributed by atoms with Gasteiger partial charge in [-0.25, -0.2) is 0 Å². The van der Waals surface area contributed by atoms with E-state index >= 15 is 0 Å². The molecule has 2 aliphatic carbocycles. The van der Waals surface area contributed by atoms with E-state index in [1.54, 1.807) is 0 Å². The van der Waals surface area contributed by atoms with Gasteiger partial charge in [-0.2, -0.15) is 0 Å². The average molecular weight is 356 g/mol. The van der Waals surface area contributed by atoms with Crippen molar-refractivity contribution in [1.82, 2.24) is 0 Å². The Kier molecular flexibility index (Phi) is 5.09. The van der Waals surface area contributed by atoms with Gasteiger partial charge in [-0.05, 0) is 61.1 Å². The molecular weight excluding hydrogens is 332 g/mol. The van der Waals surface area contributed by atoms with Crippen LogP contribution in [0.4, 0.5) is 0 Å². The SMILES string of the molecule is Clc1ccc(CC(Br)C2CCC3CCCCC3C2)cc1. The predicted octanol–water partition coefficient (Wildman–Crippen LogP) is 6.25. The van der Waals surface area contributed by atoms with Gasteiger partial charge in [0.15, 0.2) is 0 Å². The van der Waals surface area contributed by atoms with Crippen LogP contribution in [0.25, 0.3) is 0 Å². The van der Waals surface area contributed by atoms with Crippen molar-refractivity contribution in [2.75, 3.05) is 0 Å². The Balaban J connectivity index is 1.57. The Bertz CT molecular complexity index is 428. The van der Waals surface area contributed by atoms with Crippen LogP contribution in [-0.4, -0.2) is 4.83 Å². The summed E-state index contributed by atoms with van der Waals surface area (Å²) in [4.78, 5) is 0.631. The maximum Gasteiger partial charge on any atom is 0.0406 e. The van der Waals surface area contributed by atoms with E-state index < -0.39 is 0 Å². The van der Waals surface area contributed by atoms with E-state index in [4.69, 9.17) is 11.6 Å². The smallest absolute Gasteiger partial charge is 0.0406 e. The second kappa shape index (κ2) is 6.83. The second-order valence-electron chi connectivity index (χ2n) is 6.72. The molecule has 0 saturated heterocycles. The van der Waals surface area contributed by atoms with Crippen LogP contribution in [0.15, 0.2) is 24.3 Å². The first-order valence-corrected chi connectivity index (χ1v) is 9.40. The van der Waals surface area contributed by atoms with E-state index in [0.29, 0.717) is 4.83 Å². The molecule has 0 radical (unpaired) electrons. The fourth-order valence-corrected chi connectivity index (χ4v) is 5.23. The highest BCUT2D eigenvalue weighted by Gasteiger charge is 2.34. The highest BCUT2D eigenvalue weighted by atomic mass is 79.9. The number of alkyl halides is 1. The van der Waals surface area contributed by atoms with Crippen LogP contribution in [0, 0.1) is 17.8 Å². The van der Waals surface area contributed by atoms with Gasteiger partial charge in [0.05, 0.1) is 0 Å². The van der Waals surface area contributed by atoms with Crippen molar-refractivity contribution in [3.63, 3.8) is 0 Å². The standard InChI is InChI=1S/C18H24BrCl/c19-18(11-13-5-9-17(20)10-6-13)16-8-7-14-3-1-2-4-15(14)12-16/h5-6,9-10,14-16,18H,1-4,7-8,11-12H2. The highest BCUT2D eigenvalue weighted by molar-refractivity contribution is 9.09. The molecule has 0 amide bonds. The molecule has 0 N–H and O–H groups in total. The molecule has 0 nitrogen and oxygen atoms in total. The largest absolute Gasteiger partial charge is 0.0884 e. The molecule has 3 rings (SSSR count). The maximum atomic E-state index is 5.96. The summed E-state index contributed by atoms with van der Waals surface area (Å²) < 4.78 is 0. The lowest BCUT2D eigenvalue weighted by atomic mass is 9.66. The Morgan fingerprint density at radius 3 is 2.45 bits per heavy atom. The van der Waals surface area contributed by atoms with E-state index in [0.717, 1.165) is 29.2 Å². The van der Waals surface area contributed by atoms with Crippen LogP contribution in [0.5, 0.6) is 0 Å². The first-order valence-electron chi connectivity index (χ1n) is 8.11. The zero-order valence-electron chi connectivity index (χ0n) is 12.0. The van der Waals surface area contributed by atoms with Crippen LogP contribution in [0.3, 0.4) is 0 Å². The summed E-state index contributed by atoms with van der Waals surface area (Å²) in [7, 11) is 0. The van der Waals surface area contributed by atoms with Crippen molar-refractivity contribution in [3.8, 4) is 0 Å². The summed E-state index contributed by atoms with van der Waals surface area (Å²) in [5, 5.41) is 0.836. The number of benzene rings is 1. The van der Waals surface area contributed by atoms with Crippen molar-refractivity contribution in [3.05, 3.63) is 34.9 Å². The lowest BCUT2D eigenvalue weighted by molar-refractivity contribution is 0.129. The van der Waals surface area contributed by atoms with Crippen LogP contribution in [0.2, 0.25) is 5.02 Å². The molecule has 4 atom stereocenters. The Hall–Kier alpha value is -0.0100. The van der Waals surface area contributed by atoms with Crippen molar-refractivity contribution in [2.24, 2.45) is 17.8 Å². The molecule has 1 aromatic carbocycles. The van der Waals surface area contributed by atoms with Crippen molar-refractivity contribution >= 4 is 27.5 Å². The lowest BCUT2D eigenvalue weighted by Crippen LogP contribution is -2.32. The minimum Gasteiger partial charge on any atom is -0.0884 e. The zero-order chi connectivity index (χ0) is 13.9. The minimum atomic E-state index is 0.631. The summed E-state index contributed by atoms with van der Waals surface area (Å²) in [5.74, 6) is 2.94. The van der Waals surface area contributed by atoms with Crippen molar-refractivity contribution in [1.29, 1.82) is 0 Å². The lowest BCUT2D eigenvalue weighted by Gasteiger charge is -2.41. The zero-order valence-corrected chi connectivity index (χ0v) is 14.4. The quantitative estimate of drug-likeness (QED) is 0.562. The van der Waals surface area contributed by atoms with Crippen LogP contribution in [0.1, 0.15) is 50.5 Å². The number of hydrogen-bond acceptors (Lipinski definition) is 0. The number of halogens is 2. The van der Waals surface area contributed by atoms with Crippen LogP contribution in [-0.2, 0) is 6.42 Å². The molecule has 1 aromatic rings. The van der Waals surface area contributed by atoms with E-state index in [2.05, 4.69) is 28.1 Å². The van der Waals surface area contributed by atoms with Crippen LogP contribution < -0.4 is 0 Å². The predicted molar refractivity (Wildman–Crippen MR) is 90.7 cm³/mol. The molecule has 0 heterocycles. The van der Waals surface area contributed by atoms with Gasteiger partial charge in [-0.3, -0.25) is 0 Å². The molecule has 110 valence electrons. The molecular formula is C18H24BrCl. The van der Waals surface area contributed by atoms with E-state index in [1.165, 1.54) is 50.5 Å². The first-order chi connectivity index (χ1) is 9.72. The molecule has 4 unspecified atom stereocenters. The third-order valence-corrected chi connectivity index (χ3v) is 6.76. The van der Waals surface area contributed by atoms with Gasteiger partial charge in [0.25, 0.3) is 0 Å². The summed E-state index contributed by atoms with van der Waals surface area (Å²) in [6, 6.07) is 8.36. The monoisotopic (exact) mass is 354 g/mol. The van der Waals surface area contributed by atoms with Gasteiger partial charge in [0.2, 0.25) is 0 Å². The minimum absolute atomic E-state index is 0.631. The topological polar surface area (TPSA) is 0 Å². The third-order valence-electron chi connectivity index (χ3n) is 5.44. The second-order valence-corrected chi connectivity index (χ2v) is 8.34. The van der Waals surface area contributed by atoms with E-state index in [-0.39, 0.29) is 0 Å². The fourth-order valence-electron chi connectivity index (χ4n) is 4.25. The molecule has 2 aliphatic rings. The van der Waals surface area contributed by atoms with E-state index in [1.807, 2.05) is 12.1 Å². The number of rotatable bonds is 3. The van der Waals surface area contributed by atoms with Gasteiger partial charge >= 0.3 is 0 Å². The summed E-state index contributed by atoms with van der Waals surface area (Å²) in [6.45, 7) is 0. The van der Waals surface area contributed by atoms with Crippen LogP contribution >= 0.6 is 27.5 Å². The highest BCUT2D eigenvalue weighted by Crippen LogP contribution is 2.45. The molecule has 0 aliphatic heterocycles. The molecule has 2 fully saturated rings. The molecule has 20 heavy (non-hydrogen) atoms. The molecule has 0 spiro atoms. The summed E-state index contributed by atoms with van der Waals surface area (Å²) in [6.07, 6.45) is 11.4. The van der Waals surface area contributed by atoms with Gasteiger partial charge < -0.3 is 0 Å². The van der Waals surface area contributed by atoms with Gasteiger partial charge in [-0.15, -0.1) is 0 Å². The number of fused-ring (bicyclic) bond motifs is 1. The Labute approximate surface area is 136 Å². The molecule has 2 saturated carbocycles. The van der Waals surface area contributed by atoms with Gasteiger partial charge in [-0.1, -0.05) is 65.3 Å². The Morgan fingerprint density at radius 2 is 1.70 bits per heavy atom. The maximum absolute atomic E-state index is 5.96. The third kappa shape index (κ3) is 3.60. The fraction of sp³-hybridized carbons (Fsp3) is 0.667. The van der Waals surface area contributed by atoms with Gasteiger partial charge in [0, 0.05) is 9.85 Å². The normalized spacial score (nSPS) is 31.6. The van der Waals surface area contributed by atoms with Crippen molar-refractivity contribution < 1.29 is 0 Å². The van der Waals surface area contributed by atoms with E-state index in [9.17, 15) is 0 Å². The Morgan fingerprint density at radius 1 is 1.00 bits per heavy atom. The summed E-state index contributed by atoms with van der Waals surface area (Å²) >= 11 is 9.94. The van der Waals surface area contributed by atoms with Gasteiger partial charge in [0.1, 0.15) is 0 Å². The molecule has 0 aromatic heterocycles. The van der Waals surface area contributed by atoms with Crippen molar-refractivity contribution in [2.45, 2.75) is 56.2 Å². The average Bonchev–Trinajstić information content (AvgIpc) is 2.49. The molecule has 2 heteroatoms. The number of hydrogen-bond donors (Lipinski definition) is 0. The molecule has 0 bridgehead atoms.